The predicted octanol–water partition coefficient (Wildman–Crippen LogP) is 5.04. The number of aromatic nitrogens is 6. The Balaban J connectivity index is 1.39. The second-order valence-electron chi connectivity index (χ2n) is 8.41. The molecule has 0 bridgehead atoms. The van der Waals surface area contributed by atoms with Crippen LogP contribution in [0.2, 0.25) is 0 Å². The Hall–Kier alpha value is -4.20. The quantitative estimate of drug-likeness (QED) is 0.381. The molecule has 5 aromatic rings. The fourth-order valence-corrected chi connectivity index (χ4v) is 4.61. The average Bonchev–Trinajstić information content (AvgIpc) is 3.51. The molecule has 1 unspecified atom stereocenters. The highest BCUT2D eigenvalue weighted by Crippen LogP contribution is 2.35. The van der Waals surface area contributed by atoms with Crippen LogP contribution in [0.5, 0.6) is 0 Å². The van der Waals surface area contributed by atoms with Gasteiger partial charge in [-0.3, -0.25) is 0 Å². The van der Waals surface area contributed by atoms with E-state index in [0.717, 1.165) is 59.2 Å². The summed E-state index contributed by atoms with van der Waals surface area (Å²) in [4.78, 5) is 20.3. The highest BCUT2D eigenvalue weighted by molar-refractivity contribution is 5.64. The van der Waals surface area contributed by atoms with Gasteiger partial charge in [-0.2, -0.15) is 0 Å². The van der Waals surface area contributed by atoms with Gasteiger partial charge < -0.3 is 4.90 Å². The third kappa shape index (κ3) is 3.67. The van der Waals surface area contributed by atoms with E-state index in [1.54, 1.807) is 24.5 Å². The third-order valence-corrected chi connectivity index (χ3v) is 6.18. The number of halogens is 1. The monoisotopic (exact) mass is 451 g/mol. The van der Waals surface area contributed by atoms with Gasteiger partial charge in [0, 0.05) is 12.7 Å². The number of hydrogen-bond donors (Lipinski definition) is 0. The summed E-state index contributed by atoms with van der Waals surface area (Å²) in [5.74, 6) is 1.32. The Morgan fingerprint density at radius 2 is 1.76 bits per heavy atom. The van der Waals surface area contributed by atoms with Gasteiger partial charge in [-0.1, -0.05) is 18.2 Å². The van der Waals surface area contributed by atoms with Gasteiger partial charge in [-0.05, 0) is 67.8 Å². The molecule has 1 aliphatic rings. The van der Waals surface area contributed by atoms with E-state index in [0.29, 0.717) is 5.82 Å². The van der Waals surface area contributed by atoms with Crippen molar-refractivity contribution < 1.29 is 4.39 Å². The van der Waals surface area contributed by atoms with Gasteiger partial charge in [0.05, 0.1) is 29.3 Å². The predicted molar refractivity (Wildman–Crippen MR) is 128 cm³/mol. The Morgan fingerprint density at radius 3 is 2.65 bits per heavy atom. The molecule has 6 rings (SSSR count). The van der Waals surface area contributed by atoms with E-state index in [9.17, 15) is 4.39 Å². The van der Waals surface area contributed by atoms with Crippen molar-refractivity contribution in [2.45, 2.75) is 25.8 Å². The summed E-state index contributed by atoms with van der Waals surface area (Å²) in [7, 11) is 0. The van der Waals surface area contributed by atoms with E-state index >= 15 is 0 Å². The van der Waals surface area contributed by atoms with Crippen molar-refractivity contribution in [2.24, 2.45) is 0 Å². The number of fused-ring (bicyclic) bond motifs is 1. The normalized spacial score (nSPS) is 15.8. The molecule has 1 aromatic carbocycles. The first-order valence-electron chi connectivity index (χ1n) is 11.3. The number of nitrogens with zero attached hydrogens (tertiary/aromatic N) is 7. The molecule has 0 spiro atoms. The molecule has 0 radical (unpaired) electrons. The number of benzene rings is 1. The van der Waals surface area contributed by atoms with Crippen LogP contribution in [0.3, 0.4) is 0 Å². The number of hydrogen-bond acceptors (Lipinski definition) is 6. The third-order valence-electron chi connectivity index (χ3n) is 6.18. The standard InChI is InChI=1S/C26H22FN7/c1-17-28-13-12-21(30-17)20-7-3-8-22(31-20)24-16-29-25-10-11-26(32-34(24)25)33-14-4-9-23(33)18-5-2-6-19(27)15-18/h2-3,5-8,10-13,15-16,23H,4,9,14H2,1H3. The SMILES string of the molecule is Cc1nccc(-c2cccc(-c3cnc4ccc(N5CCCC5c5cccc(F)c5)nn34)n2)n1. The molecule has 1 atom stereocenters. The van der Waals surface area contributed by atoms with E-state index < -0.39 is 0 Å². The first-order chi connectivity index (χ1) is 16.7. The van der Waals surface area contributed by atoms with E-state index in [-0.39, 0.29) is 11.9 Å². The molecular formula is C26H22FN7. The molecule has 0 aliphatic carbocycles. The molecular weight excluding hydrogens is 429 g/mol. The van der Waals surface area contributed by atoms with Crippen molar-refractivity contribution in [3.8, 4) is 22.8 Å². The second-order valence-corrected chi connectivity index (χ2v) is 8.41. The van der Waals surface area contributed by atoms with Gasteiger partial charge in [0.1, 0.15) is 23.2 Å². The summed E-state index contributed by atoms with van der Waals surface area (Å²) in [6, 6.07) is 18.6. The lowest BCUT2D eigenvalue weighted by Gasteiger charge is -2.26. The summed E-state index contributed by atoms with van der Waals surface area (Å²) in [6.45, 7) is 2.73. The van der Waals surface area contributed by atoms with Gasteiger partial charge in [0.15, 0.2) is 5.65 Å². The van der Waals surface area contributed by atoms with Crippen molar-refractivity contribution in [3.05, 3.63) is 90.3 Å². The zero-order valence-electron chi connectivity index (χ0n) is 18.6. The Morgan fingerprint density at radius 1 is 0.912 bits per heavy atom. The fourth-order valence-electron chi connectivity index (χ4n) is 4.61. The number of anilines is 1. The molecule has 34 heavy (non-hydrogen) atoms. The lowest BCUT2D eigenvalue weighted by atomic mass is 10.0. The largest absolute Gasteiger partial charge is 0.348 e. The van der Waals surface area contributed by atoms with Crippen molar-refractivity contribution in [3.63, 3.8) is 0 Å². The molecule has 7 nitrogen and oxygen atoms in total. The number of rotatable bonds is 4. The van der Waals surface area contributed by atoms with Crippen LogP contribution in [0.1, 0.15) is 30.3 Å². The topological polar surface area (TPSA) is 72.1 Å². The maximum absolute atomic E-state index is 13.9. The van der Waals surface area contributed by atoms with Gasteiger partial charge in [0.2, 0.25) is 0 Å². The van der Waals surface area contributed by atoms with Gasteiger partial charge in [-0.25, -0.2) is 28.8 Å². The van der Waals surface area contributed by atoms with Crippen LogP contribution in [-0.2, 0) is 0 Å². The highest BCUT2D eigenvalue weighted by Gasteiger charge is 2.28. The van der Waals surface area contributed by atoms with E-state index in [4.69, 9.17) is 10.1 Å². The van der Waals surface area contributed by atoms with Gasteiger partial charge >= 0.3 is 0 Å². The minimum absolute atomic E-state index is 0.0927. The zero-order valence-corrected chi connectivity index (χ0v) is 18.6. The molecule has 1 aliphatic heterocycles. The Labute approximate surface area is 196 Å². The van der Waals surface area contributed by atoms with Crippen molar-refractivity contribution in [1.29, 1.82) is 0 Å². The van der Waals surface area contributed by atoms with Crippen LogP contribution in [0, 0.1) is 12.7 Å². The number of aryl methyl sites for hydroxylation is 1. The van der Waals surface area contributed by atoms with Crippen LogP contribution in [0.25, 0.3) is 28.4 Å². The fraction of sp³-hybridized carbons (Fsp3) is 0.192. The Bertz CT molecular complexity index is 1500. The molecule has 0 amide bonds. The molecule has 5 heterocycles. The van der Waals surface area contributed by atoms with Crippen LogP contribution in [-0.4, -0.2) is 36.1 Å². The molecule has 1 saturated heterocycles. The Kier molecular flexibility index (Phi) is 4.98. The maximum atomic E-state index is 13.9. The molecule has 1 fully saturated rings. The summed E-state index contributed by atoms with van der Waals surface area (Å²) in [5, 5.41) is 4.93. The minimum Gasteiger partial charge on any atom is -0.348 e. The average molecular weight is 452 g/mol. The second kappa shape index (κ2) is 8.30. The van der Waals surface area contributed by atoms with Crippen molar-refractivity contribution in [1.82, 2.24) is 29.5 Å². The molecule has 168 valence electrons. The molecule has 8 heteroatoms. The molecule has 0 N–H and O–H groups in total. The highest BCUT2D eigenvalue weighted by atomic mass is 19.1. The molecule has 0 saturated carbocycles. The van der Waals surface area contributed by atoms with Crippen LogP contribution >= 0.6 is 0 Å². The van der Waals surface area contributed by atoms with Crippen LogP contribution in [0.15, 0.2) is 73.1 Å². The van der Waals surface area contributed by atoms with Crippen molar-refractivity contribution >= 4 is 11.5 Å². The van der Waals surface area contributed by atoms with Crippen LogP contribution < -0.4 is 4.90 Å². The lowest BCUT2D eigenvalue weighted by Crippen LogP contribution is -2.24. The first kappa shape index (κ1) is 20.4. The summed E-state index contributed by atoms with van der Waals surface area (Å²) < 4.78 is 15.7. The summed E-state index contributed by atoms with van der Waals surface area (Å²) in [6.07, 6.45) is 5.51. The summed E-state index contributed by atoms with van der Waals surface area (Å²) in [5.41, 5.74) is 4.80. The van der Waals surface area contributed by atoms with Crippen molar-refractivity contribution in [2.75, 3.05) is 11.4 Å². The first-order valence-corrected chi connectivity index (χ1v) is 11.3. The summed E-state index contributed by atoms with van der Waals surface area (Å²) >= 11 is 0. The van der Waals surface area contributed by atoms with E-state index in [1.807, 2.05) is 53.9 Å². The smallest absolute Gasteiger partial charge is 0.154 e. The number of imidazole rings is 1. The molecule has 4 aromatic heterocycles. The van der Waals surface area contributed by atoms with Crippen LogP contribution in [0.4, 0.5) is 10.2 Å². The van der Waals surface area contributed by atoms with E-state index in [2.05, 4.69) is 19.9 Å². The van der Waals surface area contributed by atoms with Gasteiger partial charge in [0.25, 0.3) is 0 Å². The van der Waals surface area contributed by atoms with E-state index in [1.165, 1.54) is 6.07 Å². The minimum atomic E-state index is -0.213. The number of pyridine rings is 1. The van der Waals surface area contributed by atoms with Gasteiger partial charge in [-0.15, -0.1) is 5.10 Å². The maximum Gasteiger partial charge on any atom is 0.154 e. The lowest BCUT2D eigenvalue weighted by molar-refractivity contribution is 0.617. The zero-order chi connectivity index (χ0) is 23.1.